The molecule has 0 spiro atoms. The standard InChI is InChI=1S/C10H9FN6O2/c11-8-5(3-4-13-9(8)15-12)10(19)14-6-1-2-7(18)17-16-6/h1-4H,12H2,(H,13,15)(H,17,18)(H,14,16,19). The molecule has 0 unspecified atom stereocenters. The Kier molecular flexibility index (Phi) is 3.48. The second-order valence-corrected chi connectivity index (χ2v) is 3.43. The Morgan fingerprint density at radius 2 is 2.16 bits per heavy atom. The Hall–Kier alpha value is -2.81. The van der Waals surface area contributed by atoms with E-state index in [9.17, 15) is 14.0 Å². The van der Waals surface area contributed by atoms with Crippen LogP contribution in [0.5, 0.6) is 0 Å². The molecule has 2 aromatic heterocycles. The minimum Gasteiger partial charge on any atom is -0.306 e. The molecule has 5 N–H and O–H groups in total. The molecule has 19 heavy (non-hydrogen) atoms. The molecule has 2 aromatic rings. The lowest BCUT2D eigenvalue weighted by molar-refractivity contribution is 0.102. The van der Waals surface area contributed by atoms with Gasteiger partial charge >= 0.3 is 0 Å². The van der Waals surface area contributed by atoms with E-state index in [1.165, 1.54) is 24.4 Å². The molecule has 0 aromatic carbocycles. The van der Waals surface area contributed by atoms with Crippen molar-refractivity contribution in [3.05, 3.63) is 46.1 Å². The van der Waals surface area contributed by atoms with Crippen molar-refractivity contribution < 1.29 is 9.18 Å². The van der Waals surface area contributed by atoms with Gasteiger partial charge < -0.3 is 10.7 Å². The first-order chi connectivity index (χ1) is 9.11. The number of rotatable bonds is 3. The predicted octanol–water partition coefficient (Wildman–Crippen LogP) is -0.158. The number of hydrazine groups is 1. The number of carbonyl (C=O) groups excluding carboxylic acids is 1. The highest BCUT2D eigenvalue weighted by molar-refractivity contribution is 6.04. The molecular formula is C10H9FN6O2. The minimum atomic E-state index is -0.882. The first-order valence-corrected chi connectivity index (χ1v) is 5.10. The maximum Gasteiger partial charge on any atom is 0.264 e. The average Bonchev–Trinajstić information content (AvgIpc) is 2.41. The number of nitrogens with two attached hydrogens (primary N) is 1. The van der Waals surface area contributed by atoms with Crippen molar-refractivity contribution in [1.82, 2.24) is 15.2 Å². The molecule has 0 aliphatic carbocycles. The number of carbonyl (C=O) groups is 1. The average molecular weight is 264 g/mol. The SMILES string of the molecule is NNc1nccc(C(=O)Nc2ccc(=O)[nH]n2)c1F. The molecule has 0 fully saturated rings. The van der Waals surface area contributed by atoms with Crippen LogP contribution in [0.1, 0.15) is 10.4 Å². The van der Waals surface area contributed by atoms with Crippen LogP contribution < -0.4 is 22.1 Å². The molecule has 0 saturated carbocycles. The number of aromatic amines is 1. The fraction of sp³-hybridized carbons (Fsp3) is 0. The number of H-pyrrole nitrogens is 1. The molecule has 98 valence electrons. The van der Waals surface area contributed by atoms with Gasteiger partial charge in [0.15, 0.2) is 17.5 Å². The van der Waals surface area contributed by atoms with E-state index in [2.05, 4.69) is 20.5 Å². The number of nitrogen functional groups attached to an aromatic ring is 1. The summed E-state index contributed by atoms with van der Waals surface area (Å²) in [6.07, 6.45) is 1.23. The number of anilines is 2. The number of aromatic nitrogens is 3. The van der Waals surface area contributed by atoms with Crippen molar-refractivity contribution in [2.75, 3.05) is 10.7 Å². The van der Waals surface area contributed by atoms with Gasteiger partial charge in [0.2, 0.25) is 0 Å². The number of halogens is 1. The quantitative estimate of drug-likeness (QED) is 0.451. The molecule has 0 aliphatic rings. The van der Waals surface area contributed by atoms with Gasteiger partial charge in [-0.05, 0) is 12.1 Å². The Bertz CT molecular complexity index is 651. The van der Waals surface area contributed by atoms with E-state index in [-0.39, 0.29) is 17.2 Å². The molecule has 0 aliphatic heterocycles. The second-order valence-electron chi connectivity index (χ2n) is 3.43. The van der Waals surface area contributed by atoms with Gasteiger partial charge in [0, 0.05) is 12.3 Å². The van der Waals surface area contributed by atoms with Gasteiger partial charge in [0.1, 0.15) is 0 Å². The van der Waals surface area contributed by atoms with Gasteiger partial charge in [-0.1, -0.05) is 0 Å². The van der Waals surface area contributed by atoms with E-state index in [1.54, 1.807) is 0 Å². The number of amides is 1. The second kappa shape index (κ2) is 5.23. The Morgan fingerprint density at radius 3 is 2.79 bits per heavy atom. The van der Waals surface area contributed by atoms with Gasteiger partial charge in [0.25, 0.3) is 11.5 Å². The predicted molar refractivity (Wildman–Crippen MR) is 64.8 cm³/mol. The van der Waals surface area contributed by atoms with Crippen LogP contribution in [0.3, 0.4) is 0 Å². The van der Waals surface area contributed by atoms with E-state index in [0.29, 0.717) is 0 Å². The fourth-order valence-corrected chi connectivity index (χ4v) is 1.32. The molecule has 0 saturated heterocycles. The first-order valence-electron chi connectivity index (χ1n) is 5.10. The number of hydrogen-bond acceptors (Lipinski definition) is 6. The molecule has 0 atom stereocenters. The summed E-state index contributed by atoms with van der Waals surface area (Å²) in [5.41, 5.74) is 1.36. The number of pyridine rings is 1. The molecule has 1 amide bonds. The highest BCUT2D eigenvalue weighted by Crippen LogP contribution is 2.15. The molecular weight excluding hydrogens is 255 g/mol. The van der Waals surface area contributed by atoms with Crippen molar-refractivity contribution in [2.45, 2.75) is 0 Å². The molecule has 9 heteroatoms. The van der Waals surface area contributed by atoms with Crippen molar-refractivity contribution in [2.24, 2.45) is 5.84 Å². The van der Waals surface area contributed by atoms with Crippen LogP contribution in [0, 0.1) is 5.82 Å². The van der Waals surface area contributed by atoms with E-state index in [0.717, 1.165) is 0 Å². The lowest BCUT2D eigenvalue weighted by Crippen LogP contribution is -2.19. The third kappa shape index (κ3) is 2.72. The summed E-state index contributed by atoms with van der Waals surface area (Å²) in [6, 6.07) is 3.66. The number of nitrogens with zero attached hydrogens (tertiary/aromatic N) is 2. The summed E-state index contributed by atoms with van der Waals surface area (Å²) in [5.74, 6) is 3.27. The van der Waals surface area contributed by atoms with E-state index in [1.807, 2.05) is 5.43 Å². The maximum atomic E-state index is 13.7. The highest BCUT2D eigenvalue weighted by atomic mass is 19.1. The van der Waals surface area contributed by atoms with Gasteiger partial charge in [0.05, 0.1) is 5.56 Å². The first kappa shape index (κ1) is 12.6. The molecule has 0 radical (unpaired) electrons. The Labute approximate surface area is 105 Å². The summed E-state index contributed by atoms with van der Waals surface area (Å²) in [7, 11) is 0. The zero-order valence-electron chi connectivity index (χ0n) is 9.48. The van der Waals surface area contributed by atoms with E-state index >= 15 is 0 Å². The lowest BCUT2D eigenvalue weighted by atomic mass is 10.2. The van der Waals surface area contributed by atoms with Gasteiger partial charge in [-0.3, -0.25) is 9.59 Å². The minimum absolute atomic E-state index is 0.0862. The fourth-order valence-electron chi connectivity index (χ4n) is 1.32. The Morgan fingerprint density at radius 1 is 1.37 bits per heavy atom. The summed E-state index contributed by atoms with van der Waals surface area (Å²) in [5, 5.41) is 8.02. The van der Waals surface area contributed by atoms with Crippen LogP contribution in [0.2, 0.25) is 0 Å². The number of nitrogens with one attached hydrogen (secondary N) is 3. The van der Waals surface area contributed by atoms with Gasteiger partial charge in [-0.15, -0.1) is 0 Å². The summed E-state index contributed by atoms with van der Waals surface area (Å²) in [6.45, 7) is 0. The summed E-state index contributed by atoms with van der Waals surface area (Å²) in [4.78, 5) is 26.2. The van der Waals surface area contributed by atoms with Crippen molar-refractivity contribution in [3.63, 3.8) is 0 Å². The van der Waals surface area contributed by atoms with E-state index in [4.69, 9.17) is 5.84 Å². The lowest BCUT2D eigenvalue weighted by Gasteiger charge is -2.07. The molecule has 2 heterocycles. The zero-order valence-corrected chi connectivity index (χ0v) is 9.48. The van der Waals surface area contributed by atoms with Crippen LogP contribution >= 0.6 is 0 Å². The highest BCUT2D eigenvalue weighted by Gasteiger charge is 2.16. The monoisotopic (exact) mass is 264 g/mol. The summed E-state index contributed by atoms with van der Waals surface area (Å²) >= 11 is 0. The van der Waals surface area contributed by atoms with Crippen LogP contribution in [-0.2, 0) is 0 Å². The normalized spacial score (nSPS) is 10.0. The Balaban J connectivity index is 2.25. The topological polar surface area (TPSA) is 126 Å². The van der Waals surface area contributed by atoms with Gasteiger partial charge in [-0.25, -0.2) is 20.3 Å². The van der Waals surface area contributed by atoms with Crippen LogP contribution in [0.15, 0.2) is 29.2 Å². The van der Waals surface area contributed by atoms with E-state index < -0.39 is 17.3 Å². The third-order valence-corrected chi connectivity index (χ3v) is 2.19. The van der Waals surface area contributed by atoms with Crippen molar-refractivity contribution >= 4 is 17.5 Å². The van der Waals surface area contributed by atoms with Crippen LogP contribution in [0.25, 0.3) is 0 Å². The number of hydrogen-bond donors (Lipinski definition) is 4. The van der Waals surface area contributed by atoms with Crippen molar-refractivity contribution in [3.8, 4) is 0 Å². The maximum absolute atomic E-state index is 13.7. The molecule has 0 bridgehead atoms. The zero-order chi connectivity index (χ0) is 13.8. The van der Waals surface area contributed by atoms with Crippen molar-refractivity contribution in [1.29, 1.82) is 0 Å². The van der Waals surface area contributed by atoms with Crippen LogP contribution in [0.4, 0.5) is 16.0 Å². The smallest absolute Gasteiger partial charge is 0.264 e. The molecule has 2 rings (SSSR count). The van der Waals surface area contributed by atoms with Gasteiger partial charge in [-0.2, -0.15) is 5.10 Å². The largest absolute Gasteiger partial charge is 0.306 e. The molecule has 8 nitrogen and oxygen atoms in total. The summed E-state index contributed by atoms with van der Waals surface area (Å²) < 4.78 is 13.7. The third-order valence-electron chi connectivity index (χ3n) is 2.19. The van der Waals surface area contributed by atoms with Crippen LogP contribution in [-0.4, -0.2) is 21.1 Å².